The molecule has 2 aromatic heterocycles. The molecule has 0 fully saturated rings. The molecule has 122 valence electrons. The molecule has 0 bridgehead atoms. The number of hydrogen-bond donors (Lipinski definition) is 2. The molecule has 0 saturated heterocycles. The normalized spacial score (nSPS) is 11.8. The molecule has 0 atom stereocenters. The van der Waals surface area contributed by atoms with Crippen molar-refractivity contribution in [3.8, 4) is 0 Å². The van der Waals surface area contributed by atoms with Gasteiger partial charge < -0.3 is 14.7 Å². The van der Waals surface area contributed by atoms with E-state index >= 15 is 0 Å². The lowest BCUT2D eigenvalue weighted by atomic mass is 9.98. The number of fused-ring (bicyclic) bond motifs is 4. The number of hydrogen-bond acceptors (Lipinski definition) is 2. The first kappa shape index (κ1) is 15.2. The van der Waals surface area contributed by atoms with Crippen molar-refractivity contribution >= 4 is 44.3 Å². The Balaban J connectivity index is 2.25. The Morgan fingerprint density at radius 2 is 1.75 bits per heavy atom. The van der Waals surface area contributed by atoms with Crippen LogP contribution in [0.15, 0.2) is 29.1 Å². The third-order valence-electron chi connectivity index (χ3n) is 4.65. The Morgan fingerprint density at radius 1 is 1.04 bits per heavy atom. The highest BCUT2D eigenvalue weighted by Crippen LogP contribution is 2.35. The van der Waals surface area contributed by atoms with Gasteiger partial charge in [0.05, 0.1) is 23.0 Å². The minimum Gasteiger partial charge on any atom is -0.378 e. The third kappa shape index (κ3) is 2.07. The van der Waals surface area contributed by atoms with Crippen LogP contribution in [0.3, 0.4) is 0 Å². The third-order valence-corrected chi connectivity index (χ3v) is 4.88. The summed E-state index contributed by atoms with van der Waals surface area (Å²) in [7, 11) is 1.62. The Hall–Kier alpha value is -2.30. The fourth-order valence-electron chi connectivity index (χ4n) is 3.58. The van der Waals surface area contributed by atoms with Gasteiger partial charge in [0.2, 0.25) is 0 Å². The van der Waals surface area contributed by atoms with Crippen LogP contribution in [0.1, 0.15) is 16.8 Å². The van der Waals surface area contributed by atoms with Gasteiger partial charge in [-0.25, -0.2) is 0 Å². The monoisotopic (exact) mass is 340 g/mol. The minimum atomic E-state index is 0.00925. The van der Waals surface area contributed by atoms with Gasteiger partial charge in [-0.1, -0.05) is 11.6 Å². The summed E-state index contributed by atoms with van der Waals surface area (Å²) in [5.74, 6) is 0. The maximum atomic E-state index is 12.6. The fourth-order valence-corrected chi connectivity index (χ4v) is 3.76. The molecule has 0 unspecified atom stereocenters. The van der Waals surface area contributed by atoms with Crippen molar-refractivity contribution in [2.24, 2.45) is 0 Å². The second-order valence-electron chi connectivity index (χ2n) is 6.16. The van der Waals surface area contributed by atoms with Crippen molar-refractivity contribution in [1.82, 2.24) is 9.97 Å². The number of ether oxygens (including phenoxy) is 1. The number of benzene rings is 2. The Bertz CT molecular complexity index is 1170. The molecule has 2 aromatic carbocycles. The topological polar surface area (TPSA) is 57.9 Å². The number of pyridine rings is 1. The van der Waals surface area contributed by atoms with Crippen LogP contribution in [0.2, 0.25) is 5.02 Å². The second kappa shape index (κ2) is 5.36. The molecule has 4 rings (SSSR count). The SMILES string of the molecule is COCc1cc(=O)c2c(C)c3[nH]c4ccc(Cl)cc4c3c(C)c2[nH]1. The molecule has 4 nitrogen and oxygen atoms in total. The summed E-state index contributed by atoms with van der Waals surface area (Å²) in [6.07, 6.45) is 0. The minimum absolute atomic E-state index is 0.00925. The summed E-state index contributed by atoms with van der Waals surface area (Å²) in [4.78, 5) is 19.5. The van der Waals surface area contributed by atoms with Crippen molar-refractivity contribution in [3.63, 3.8) is 0 Å². The summed E-state index contributed by atoms with van der Waals surface area (Å²) in [5.41, 5.74) is 5.63. The van der Waals surface area contributed by atoms with Gasteiger partial charge in [-0.05, 0) is 43.2 Å². The molecule has 0 amide bonds. The molecule has 0 aliphatic heterocycles. The molecular formula is C19H17ClN2O2. The van der Waals surface area contributed by atoms with E-state index in [9.17, 15) is 4.79 Å². The lowest BCUT2D eigenvalue weighted by Gasteiger charge is -2.11. The van der Waals surface area contributed by atoms with E-state index in [1.807, 2.05) is 32.0 Å². The van der Waals surface area contributed by atoms with Crippen LogP contribution in [0.25, 0.3) is 32.7 Å². The fraction of sp³-hybridized carbons (Fsp3) is 0.211. The highest BCUT2D eigenvalue weighted by Gasteiger charge is 2.17. The van der Waals surface area contributed by atoms with Crippen LogP contribution in [0.4, 0.5) is 0 Å². The molecule has 4 aromatic rings. The number of aromatic nitrogens is 2. The Kier molecular flexibility index (Phi) is 3.41. The standard InChI is InChI=1S/C19H17ClN2O2/c1-9-16-13-6-11(20)4-5-14(13)22-18(16)10(2)17-15(23)7-12(8-24-3)21-19(9)17/h4-7,22H,8H2,1-3H3,(H,21,23). The van der Waals surface area contributed by atoms with Gasteiger partial charge in [-0.3, -0.25) is 4.79 Å². The smallest absolute Gasteiger partial charge is 0.190 e. The summed E-state index contributed by atoms with van der Waals surface area (Å²) in [6, 6.07) is 7.42. The molecule has 0 aliphatic carbocycles. The quantitative estimate of drug-likeness (QED) is 0.561. The number of nitrogens with one attached hydrogen (secondary N) is 2. The zero-order chi connectivity index (χ0) is 17.0. The van der Waals surface area contributed by atoms with Gasteiger partial charge in [0.25, 0.3) is 0 Å². The zero-order valence-electron chi connectivity index (χ0n) is 13.7. The van der Waals surface area contributed by atoms with Crippen LogP contribution < -0.4 is 5.43 Å². The highest BCUT2D eigenvalue weighted by molar-refractivity contribution is 6.32. The van der Waals surface area contributed by atoms with Gasteiger partial charge in [-0.2, -0.15) is 0 Å². The first-order valence-corrected chi connectivity index (χ1v) is 8.14. The Labute approximate surface area is 143 Å². The first-order chi connectivity index (χ1) is 11.5. The molecule has 0 saturated carbocycles. The molecular weight excluding hydrogens is 324 g/mol. The van der Waals surface area contributed by atoms with Crippen LogP contribution in [-0.4, -0.2) is 17.1 Å². The van der Waals surface area contributed by atoms with Crippen molar-refractivity contribution in [2.45, 2.75) is 20.5 Å². The van der Waals surface area contributed by atoms with Gasteiger partial charge >= 0.3 is 0 Å². The predicted molar refractivity (Wildman–Crippen MR) is 99.1 cm³/mol. The van der Waals surface area contributed by atoms with Crippen molar-refractivity contribution in [1.29, 1.82) is 0 Å². The predicted octanol–water partition coefficient (Wildman–Crippen LogP) is 4.58. The van der Waals surface area contributed by atoms with E-state index in [4.69, 9.17) is 16.3 Å². The molecule has 2 N–H and O–H groups in total. The summed E-state index contributed by atoms with van der Waals surface area (Å²) in [6.45, 7) is 4.39. The van der Waals surface area contributed by atoms with E-state index in [2.05, 4.69) is 9.97 Å². The number of H-pyrrole nitrogens is 2. The zero-order valence-corrected chi connectivity index (χ0v) is 14.5. The van der Waals surface area contributed by atoms with Crippen molar-refractivity contribution in [2.75, 3.05) is 7.11 Å². The molecule has 0 spiro atoms. The number of aromatic amines is 2. The molecule has 0 aliphatic rings. The molecule has 24 heavy (non-hydrogen) atoms. The number of methoxy groups -OCH3 is 1. The van der Waals surface area contributed by atoms with Gasteiger partial charge in [-0.15, -0.1) is 0 Å². The summed E-state index contributed by atoms with van der Waals surface area (Å²) < 4.78 is 5.17. The van der Waals surface area contributed by atoms with Crippen LogP contribution in [0.5, 0.6) is 0 Å². The average Bonchev–Trinajstić information content (AvgIpc) is 2.91. The maximum absolute atomic E-state index is 12.6. The van der Waals surface area contributed by atoms with E-state index in [0.717, 1.165) is 49.5 Å². The van der Waals surface area contributed by atoms with E-state index in [-0.39, 0.29) is 5.43 Å². The van der Waals surface area contributed by atoms with E-state index < -0.39 is 0 Å². The van der Waals surface area contributed by atoms with E-state index in [1.54, 1.807) is 13.2 Å². The van der Waals surface area contributed by atoms with Gasteiger partial charge in [0, 0.05) is 40.2 Å². The summed E-state index contributed by atoms with van der Waals surface area (Å²) in [5, 5.41) is 3.58. The Morgan fingerprint density at radius 3 is 2.50 bits per heavy atom. The van der Waals surface area contributed by atoms with Gasteiger partial charge in [0.15, 0.2) is 5.43 Å². The molecule has 5 heteroatoms. The largest absolute Gasteiger partial charge is 0.378 e. The van der Waals surface area contributed by atoms with Crippen molar-refractivity contribution in [3.05, 3.63) is 56.3 Å². The van der Waals surface area contributed by atoms with Crippen LogP contribution in [-0.2, 0) is 11.3 Å². The lowest BCUT2D eigenvalue weighted by Crippen LogP contribution is -2.08. The van der Waals surface area contributed by atoms with Crippen molar-refractivity contribution < 1.29 is 4.74 Å². The number of halogens is 1. The second-order valence-corrected chi connectivity index (χ2v) is 6.59. The number of aryl methyl sites for hydroxylation is 2. The number of rotatable bonds is 2. The van der Waals surface area contributed by atoms with Crippen LogP contribution in [0, 0.1) is 13.8 Å². The van der Waals surface area contributed by atoms with Crippen LogP contribution >= 0.6 is 11.6 Å². The maximum Gasteiger partial charge on any atom is 0.190 e. The highest BCUT2D eigenvalue weighted by atomic mass is 35.5. The average molecular weight is 341 g/mol. The molecule has 2 heterocycles. The lowest BCUT2D eigenvalue weighted by molar-refractivity contribution is 0.181. The molecule has 0 radical (unpaired) electrons. The van der Waals surface area contributed by atoms with E-state index in [1.165, 1.54) is 0 Å². The van der Waals surface area contributed by atoms with Gasteiger partial charge in [0.1, 0.15) is 0 Å². The first-order valence-electron chi connectivity index (χ1n) is 7.76. The summed E-state index contributed by atoms with van der Waals surface area (Å²) >= 11 is 6.19. The van der Waals surface area contributed by atoms with E-state index in [0.29, 0.717) is 11.6 Å².